The highest BCUT2D eigenvalue weighted by atomic mass is 16.5. The number of aromatic amines is 1. The van der Waals surface area contributed by atoms with Crippen molar-refractivity contribution in [2.24, 2.45) is 5.92 Å². The Morgan fingerprint density at radius 2 is 1.89 bits per heavy atom. The van der Waals surface area contributed by atoms with Crippen LogP contribution in [0.5, 0.6) is 5.75 Å². The van der Waals surface area contributed by atoms with Gasteiger partial charge in [0, 0.05) is 23.0 Å². The highest BCUT2D eigenvalue weighted by molar-refractivity contribution is 5.87. The Bertz CT molecular complexity index is 975. The highest BCUT2D eigenvalue weighted by Gasteiger charge is 2.34. The van der Waals surface area contributed by atoms with E-state index in [9.17, 15) is 4.79 Å². The van der Waals surface area contributed by atoms with Crippen LogP contribution in [0.3, 0.4) is 0 Å². The van der Waals surface area contributed by atoms with Gasteiger partial charge in [0.15, 0.2) is 0 Å². The van der Waals surface area contributed by atoms with Gasteiger partial charge in [0.2, 0.25) is 0 Å². The topological polar surface area (TPSA) is 63.4 Å². The van der Waals surface area contributed by atoms with Gasteiger partial charge in [-0.05, 0) is 35.2 Å². The van der Waals surface area contributed by atoms with E-state index < -0.39 is 0 Å². The van der Waals surface area contributed by atoms with Crippen LogP contribution in [0.2, 0.25) is 0 Å². The van der Waals surface area contributed by atoms with Crippen LogP contribution in [-0.2, 0) is 16.0 Å². The number of carbonyl (C=O) groups is 1. The summed E-state index contributed by atoms with van der Waals surface area (Å²) in [5, 5.41) is 4.62. The second-order valence-corrected chi connectivity index (χ2v) is 7.72. The lowest BCUT2D eigenvalue weighted by molar-refractivity contribution is -0.143. The third-order valence-electron chi connectivity index (χ3n) is 5.19. The number of hydrogen-bond donors (Lipinski definition) is 2. The molecule has 0 spiro atoms. The van der Waals surface area contributed by atoms with Crippen LogP contribution < -0.4 is 10.1 Å². The minimum Gasteiger partial charge on any atom is -0.493 e. The third kappa shape index (κ3) is 3.50. The largest absolute Gasteiger partial charge is 0.493 e. The zero-order chi connectivity index (χ0) is 19.7. The number of ether oxygens (including phenoxy) is 2. The fourth-order valence-electron chi connectivity index (χ4n) is 3.81. The number of methoxy groups -OCH3 is 1. The maximum atomic E-state index is 12.3. The molecule has 28 heavy (non-hydrogen) atoms. The van der Waals surface area contributed by atoms with E-state index in [1.807, 2.05) is 24.3 Å². The summed E-state index contributed by atoms with van der Waals surface area (Å²) in [4.78, 5) is 15.9. The SMILES string of the molecule is COC(=O)C1Cc2c([nH]c3ccccc23)C(c2ccc(OCC(C)C)cc2)N1. The normalized spacial score (nSPS) is 18.9. The minimum absolute atomic E-state index is 0.112. The molecular formula is C23H26N2O3. The van der Waals surface area contributed by atoms with Gasteiger partial charge in [-0.1, -0.05) is 44.2 Å². The van der Waals surface area contributed by atoms with Gasteiger partial charge < -0.3 is 14.5 Å². The summed E-state index contributed by atoms with van der Waals surface area (Å²) in [5.74, 6) is 1.10. The molecule has 0 saturated carbocycles. The van der Waals surface area contributed by atoms with Crippen LogP contribution in [0.4, 0.5) is 0 Å². The molecule has 5 nitrogen and oxygen atoms in total. The van der Waals surface area contributed by atoms with E-state index in [4.69, 9.17) is 9.47 Å². The van der Waals surface area contributed by atoms with E-state index in [2.05, 4.69) is 48.4 Å². The lowest BCUT2D eigenvalue weighted by atomic mass is 9.90. The van der Waals surface area contributed by atoms with E-state index >= 15 is 0 Å². The predicted molar refractivity (Wildman–Crippen MR) is 110 cm³/mol. The van der Waals surface area contributed by atoms with Crippen molar-refractivity contribution < 1.29 is 14.3 Å². The van der Waals surface area contributed by atoms with Crippen molar-refractivity contribution in [3.8, 4) is 5.75 Å². The first kappa shape index (κ1) is 18.6. The summed E-state index contributed by atoms with van der Waals surface area (Å²) in [6.07, 6.45) is 0.609. The van der Waals surface area contributed by atoms with Crippen LogP contribution in [0.15, 0.2) is 48.5 Å². The fraction of sp³-hybridized carbons (Fsp3) is 0.348. The van der Waals surface area contributed by atoms with Crippen molar-refractivity contribution in [1.82, 2.24) is 10.3 Å². The Labute approximate surface area is 165 Å². The first-order chi connectivity index (χ1) is 13.6. The molecule has 0 radical (unpaired) electrons. The number of fused-ring (bicyclic) bond motifs is 3. The third-order valence-corrected chi connectivity index (χ3v) is 5.19. The molecule has 4 rings (SSSR count). The Kier molecular flexibility index (Phi) is 5.09. The van der Waals surface area contributed by atoms with Crippen LogP contribution in [0.1, 0.15) is 36.7 Å². The zero-order valence-corrected chi connectivity index (χ0v) is 16.5. The van der Waals surface area contributed by atoms with E-state index in [-0.39, 0.29) is 18.1 Å². The molecular weight excluding hydrogens is 352 g/mol. The molecule has 5 heteroatoms. The van der Waals surface area contributed by atoms with Gasteiger partial charge in [-0.15, -0.1) is 0 Å². The van der Waals surface area contributed by atoms with Gasteiger partial charge in [-0.25, -0.2) is 0 Å². The van der Waals surface area contributed by atoms with Gasteiger partial charge in [0.05, 0.1) is 19.8 Å². The maximum Gasteiger partial charge on any atom is 0.323 e. The van der Waals surface area contributed by atoms with Crippen molar-refractivity contribution >= 4 is 16.9 Å². The number of benzene rings is 2. The molecule has 0 saturated heterocycles. The average molecular weight is 378 g/mol. The quantitative estimate of drug-likeness (QED) is 0.659. The summed E-state index contributed by atoms with van der Waals surface area (Å²) in [6, 6.07) is 15.8. The number of aromatic nitrogens is 1. The molecule has 1 aromatic heterocycles. The molecule has 3 aromatic rings. The smallest absolute Gasteiger partial charge is 0.323 e. The van der Waals surface area contributed by atoms with Crippen molar-refractivity contribution in [1.29, 1.82) is 0 Å². The summed E-state index contributed by atoms with van der Waals surface area (Å²) in [7, 11) is 1.44. The summed E-state index contributed by atoms with van der Waals surface area (Å²) in [5.41, 5.74) is 4.45. The van der Waals surface area contributed by atoms with Crippen LogP contribution in [0.25, 0.3) is 10.9 Å². The van der Waals surface area contributed by atoms with E-state index in [1.54, 1.807) is 0 Å². The molecule has 0 aliphatic carbocycles. The molecule has 146 valence electrons. The van der Waals surface area contributed by atoms with Crippen LogP contribution >= 0.6 is 0 Å². The highest BCUT2D eigenvalue weighted by Crippen LogP contribution is 2.35. The minimum atomic E-state index is -0.376. The summed E-state index contributed by atoms with van der Waals surface area (Å²) >= 11 is 0. The standard InChI is InChI=1S/C23H26N2O3/c1-14(2)13-28-16-10-8-15(9-11-16)21-22-18(12-20(25-21)23(26)27-3)17-6-4-5-7-19(17)24-22/h4-11,14,20-21,24-25H,12-13H2,1-3H3. The average Bonchev–Trinajstić information content (AvgIpc) is 3.10. The number of rotatable bonds is 5. The van der Waals surface area contributed by atoms with Gasteiger partial charge in [-0.2, -0.15) is 0 Å². The lowest BCUT2D eigenvalue weighted by Gasteiger charge is -2.30. The summed E-state index contributed by atoms with van der Waals surface area (Å²) in [6.45, 7) is 4.95. The first-order valence-corrected chi connectivity index (χ1v) is 9.73. The molecule has 2 unspecified atom stereocenters. The molecule has 2 N–H and O–H groups in total. The second kappa shape index (κ2) is 7.68. The number of nitrogens with one attached hydrogen (secondary N) is 2. The summed E-state index contributed by atoms with van der Waals surface area (Å²) < 4.78 is 10.8. The van der Waals surface area contributed by atoms with Crippen molar-refractivity contribution in [3.05, 3.63) is 65.4 Å². The second-order valence-electron chi connectivity index (χ2n) is 7.72. The van der Waals surface area contributed by atoms with Gasteiger partial charge in [0.25, 0.3) is 0 Å². The monoisotopic (exact) mass is 378 g/mol. The molecule has 1 aliphatic rings. The first-order valence-electron chi connectivity index (χ1n) is 9.73. The fourth-order valence-corrected chi connectivity index (χ4v) is 3.81. The molecule has 0 fully saturated rings. The maximum absolute atomic E-state index is 12.3. The molecule has 1 aliphatic heterocycles. The zero-order valence-electron chi connectivity index (χ0n) is 16.5. The molecule has 0 amide bonds. The number of hydrogen-bond acceptors (Lipinski definition) is 4. The van der Waals surface area contributed by atoms with Crippen molar-refractivity contribution in [2.45, 2.75) is 32.4 Å². The lowest BCUT2D eigenvalue weighted by Crippen LogP contribution is -2.45. The van der Waals surface area contributed by atoms with Gasteiger partial charge >= 0.3 is 5.97 Å². The molecule has 2 aromatic carbocycles. The molecule has 2 heterocycles. The molecule has 0 bridgehead atoms. The van der Waals surface area contributed by atoms with Crippen molar-refractivity contribution in [3.63, 3.8) is 0 Å². The number of H-pyrrole nitrogens is 1. The Morgan fingerprint density at radius 1 is 1.14 bits per heavy atom. The molecule has 2 atom stereocenters. The van der Waals surface area contributed by atoms with Crippen LogP contribution in [0, 0.1) is 5.92 Å². The van der Waals surface area contributed by atoms with E-state index in [0.717, 1.165) is 27.9 Å². The Hall–Kier alpha value is -2.79. The number of carbonyl (C=O) groups excluding carboxylic acids is 1. The van der Waals surface area contributed by atoms with Gasteiger partial charge in [0.1, 0.15) is 11.8 Å². The predicted octanol–water partition coefficient (Wildman–Crippen LogP) is 3.98. The number of para-hydroxylation sites is 1. The Morgan fingerprint density at radius 3 is 2.61 bits per heavy atom. The van der Waals surface area contributed by atoms with E-state index in [0.29, 0.717) is 18.9 Å². The van der Waals surface area contributed by atoms with E-state index in [1.165, 1.54) is 12.7 Å². The van der Waals surface area contributed by atoms with Crippen LogP contribution in [-0.4, -0.2) is 30.7 Å². The van der Waals surface area contributed by atoms with Crippen molar-refractivity contribution in [2.75, 3.05) is 13.7 Å². The Balaban J connectivity index is 1.70. The number of esters is 1. The van der Waals surface area contributed by atoms with Gasteiger partial charge in [-0.3, -0.25) is 10.1 Å².